The van der Waals surface area contributed by atoms with E-state index in [2.05, 4.69) is 0 Å². The van der Waals surface area contributed by atoms with Gasteiger partial charge in [0.05, 0.1) is 5.25 Å². The lowest BCUT2D eigenvalue weighted by Crippen LogP contribution is -2.23. The Labute approximate surface area is 63.2 Å². The normalized spacial score (nSPS) is 15.9. The highest BCUT2D eigenvalue weighted by Crippen LogP contribution is 2.31. The third kappa shape index (κ3) is 4.04. The fraction of sp³-hybridized carbons (Fsp3) is 1.00. The molecule has 0 N–H and O–H groups in total. The van der Waals surface area contributed by atoms with Crippen molar-refractivity contribution < 1.29 is 13.2 Å². The van der Waals surface area contributed by atoms with Crippen LogP contribution in [0.15, 0.2) is 0 Å². The van der Waals surface area contributed by atoms with Gasteiger partial charge in [-0.05, 0) is 12.2 Å². The molecule has 0 aliphatic rings. The smallest absolute Gasteiger partial charge is 0.170 e. The van der Waals surface area contributed by atoms with Crippen LogP contribution in [-0.4, -0.2) is 16.7 Å². The highest BCUT2D eigenvalue weighted by atomic mass is 32.2. The van der Waals surface area contributed by atoms with Gasteiger partial charge in [-0.3, -0.25) is 0 Å². The first-order valence-electron chi connectivity index (χ1n) is 3.06. The predicted octanol–water partition coefficient (Wildman–Crippen LogP) is 3.08. The first-order valence-corrected chi connectivity index (χ1v) is 4.00. The maximum atomic E-state index is 11.8. The van der Waals surface area contributed by atoms with Gasteiger partial charge in [0.1, 0.15) is 0 Å². The molecule has 1 unspecified atom stereocenters. The maximum Gasteiger partial charge on any atom is 0.400 e. The standard InChI is InChI=1S/C6H11F3S/c1-4(2)10-5(3)6(7,8)9/h4-5H,1-3H3. The monoisotopic (exact) mass is 172 g/mol. The van der Waals surface area contributed by atoms with Crippen LogP contribution in [0, 0.1) is 0 Å². The molecular weight excluding hydrogens is 161 g/mol. The lowest BCUT2D eigenvalue weighted by atomic mass is 10.5. The molecule has 62 valence electrons. The molecule has 0 bridgehead atoms. The molecule has 0 saturated carbocycles. The summed E-state index contributed by atoms with van der Waals surface area (Å²) in [6.07, 6.45) is -4.05. The van der Waals surface area contributed by atoms with E-state index in [-0.39, 0.29) is 5.25 Å². The molecule has 0 spiro atoms. The quantitative estimate of drug-likeness (QED) is 0.616. The molecule has 1 atom stereocenters. The zero-order chi connectivity index (χ0) is 8.36. The Morgan fingerprint density at radius 2 is 1.50 bits per heavy atom. The van der Waals surface area contributed by atoms with E-state index in [1.165, 1.54) is 6.92 Å². The number of hydrogen-bond donors (Lipinski definition) is 0. The van der Waals surface area contributed by atoms with Crippen molar-refractivity contribution in [1.29, 1.82) is 0 Å². The van der Waals surface area contributed by atoms with E-state index >= 15 is 0 Å². The summed E-state index contributed by atoms with van der Waals surface area (Å²) in [7, 11) is 0. The highest BCUT2D eigenvalue weighted by Gasteiger charge is 2.36. The lowest BCUT2D eigenvalue weighted by Gasteiger charge is -2.16. The third-order valence-corrected chi connectivity index (χ3v) is 2.16. The van der Waals surface area contributed by atoms with Crippen LogP contribution < -0.4 is 0 Å². The predicted molar refractivity (Wildman–Crippen MR) is 38.2 cm³/mol. The molecule has 0 fully saturated rings. The van der Waals surface area contributed by atoms with Gasteiger partial charge in [-0.15, -0.1) is 11.8 Å². The summed E-state index contributed by atoms with van der Waals surface area (Å²) >= 11 is 0.936. The Morgan fingerprint density at radius 1 is 1.10 bits per heavy atom. The molecule has 0 rings (SSSR count). The SMILES string of the molecule is CC(C)SC(C)C(F)(F)F. The lowest BCUT2D eigenvalue weighted by molar-refractivity contribution is -0.125. The number of hydrogen-bond acceptors (Lipinski definition) is 1. The molecule has 0 heterocycles. The first-order chi connectivity index (χ1) is 4.34. The third-order valence-electron chi connectivity index (χ3n) is 0.937. The number of halogens is 3. The highest BCUT2D eigenvalue weighted by molar-refractivity contribution is 8.00. The topological polar surface area (TPSA) is 0 Å². The number of alkyl halides is 3. The van der Waals surface area contributed by atoms with E-state index in [9.17, 15) is 13.2 Å². The van der Waals surface area contributed by atoms with Crippen molar-refractivity contribution in [1.82, 2.24) is 0 Å². The molecule has 0 aromatic heterocycles. The van der Waals surface area contributed by atoms with E-state index < -0.39 is 11.4 Å². The van der Waals surface area contributed by atoms with Crippen molar-refractivity contribution in [3.63, 3.8) is 0 Å². The molecule has 4 heteroatoms. The van der Waals surface area contributed by atoms with E-state index in [1.54, 1.807) is 13.8 Å². The Morgan fingerprint density at radius 3 is 1.60 bits per heavy atom. The summed E-state index contributed by atoms with van der Waals surface area (Å²) in [5, 5.41) is -1.20. The Balaban J connectivity index is 3.73. The largest absolute Gasteiger partial charge is 0.400 e. The van der Waals surface area contributed by atoms with Crippen LogP contribution in [0.2, 0.25) is 0 Å². The molecule has 0 aromatic rings. The van der Waals surface area contributed by atoms with Crippen molar-refractivity contribution in [3.05, 3.63) is 0 Å². The van der Waals surface area contributed by atoms with E-state index in [1.807, 2.05) is 0 Å². The van der Waals surface area contributed by atoms with Crippen LogP contribution in [0.5, 0.6) is 0 Å². The summed E-state index contributed by atoms with van der Waals surface area (Å²) in [5.74, 6) is 0. The van der Waals surface area contributed by atoms with E-state index in [4.69, 9.17) is 0 Å². The summed E-state index contributed by atoms with van der Waals surface area (Å²) < 4.78 is 35.4. The fourth-order valence-corrected chi connectivity index (χ4v) is 1.46. The average Bonchev–Trinajstić information content (AvgIpc) is 1.60. The number of rotatable bonds is 2. The second-order valence-electron chi connectivity index (χ2n) is 2.37. The summed E-state index contributed by atoms with van der Waals surface area (Å²) in [6.45, 7) is 4.70. The number of thioether (sulfide) groups is 1. The molecule has 0 aromatic carbocycles. The van der Waals surface area contributed by atoms with Crippen LogP contribution in [0.3, 0.4) is 0 Å². The van der Waals surface area contributed by atoms with Crippen LogP contribution >= 0.6 is 11.8 Å². The Bertz CT molecular complexity index is 97.7. The second-order valence-corrected chi connectivity index (χ2v) is 4.29. The van der Waals surface area contributed by atoms with Gasteiger partial charge < -0.3 is 0 Å². The van der Waals surface area contributed by atoms with Gasteiger partial charge in [-0.1, -0.05) is 13.8 Å². The Kier molecular flexibility index (Phi) is 3.56. The van der Waals surface area contributed by atoms with Gasteiger partial charge in [0.2, 0.25) is 0 Å². The van der Waals surface area contributed by atoms with Crippen molar-refractivity contribution in [2.75, 3.05) is 0 Å². The van der Waals surface area contributed by atoms with Crippen molar-refractivity contribution in [3.8, 4) is 0 Å². The molecule has 0 amide bonds. The van der Waals surface area contributed by atoms with Crippen molar-refractivity contribution in [2.24, 2.45) is 0 Å². The van der Waals surface area contributed by atoms with Crippen LogP contribution in [-0.2, 0) is 0 Å². The van der Waals surface area contributed by atoms with E-state index in [0.717, 1.165) is 11.8 Å². The molecule has 0 saturated heterocycles. The zero-order valence-electron chi connectivity index (χ0n) is 6.20. The van der Waals surface area contributed by atoms with Gasteiger partial charge >= 0.3 is 6.18 Å². The van der Waals surface area contributed by atoms with Crippen LogP contribution in [0.25, 0.3) is 0 Å². The van der Waals surface area contributed by atoms with Gasteiger partial charge in [0, 0.05) is 0 Å². The minimum absolute atomic E-state index is 0.0385. The molecule has 0 aliphatic carbocycles. The van der Waals surface area contributed by atoms with Gasteiger partial charge in [-0.2, -0.15) is 13.2 Å². The molecular formula is C6H11F3S. The fourth-order valence-electron chi connectivity index (χ4n) is 0.485. The minimum Gasteiger partial charge on any atom is -0.170 e. The molecule has 0 aliphatic heterocycles. The summed E-state index contributed by atoms with van der Waals surface area (Å²) in [4.78, 5) is 0. The van der Waals surface area contributed by atoms with Crippen LogP contribution in [0.1, 0.15) is 20.8 Å². The summed E-state index contributed by atoms with van der Waals surface area (Å²) in [6, 6.07) is 0. The van der Waals surface area contributed by atoms with Gasteiger partial charge in [0.15, 0.2) is 0 Å². The minimum atomic E-state index is -4.05. The van der Waals surface area contributed by atoms with E-state index in [0.29, 0.717) is 0 Å². The Hall–Kier alpha value is 0.140. The van der Waals surface area contributed by atoms with Gasteiger partial charge in [0.25, 0.3) is 0 Å². The maximum absolute atomic E-state index is 11.8. The van der Waals surface area contributed by atoms with Crippen molar-refractivity contribution >= 4 is 11.8 Å². The molecule has 0 radical (unpaired) electrons. The van der Waals surface area contributed by atoms with Gasteiger partial charge in [-0.25, -0.2) is 0 Å². The molecule has 10 heavy (non-hydrogen) atoms. The molecule has 0 nitrogen and oxygen atoms in total. The summed E-state index contributed by atoms with van der Waals surface area (Å²) in [5.41, 5.74) is 0. The van der Waals surface area contributed by atoms with Crippen molar-refractivity contribution in [2.45, 2.75) is 37.4 Å². The first kappa shape index (κ1) is 10.1. The van der Waals surface area contributed by atoms with Crippen LogP contribution in [0.4, 0.5) is 13.2 Å². The second kappa shape index (κ2) is 3.51. The average molecular weight is 172 g/mol. The zero-order valence-corrected chi connectivity index (χ0v) is 7.01.